The van der Waals surface area contributed by atoms with Gasteiger partial charge in [0.1, 0.15) is 10.9 Å². The van der Waals surface area contributed by atoms with Crippen molar-refractivity contribution in [1.29, 1.82) is 0 Å². The molecule has 0 aliphatic carbocycles. The zero-order valence-corrected chi connectivity index (χ0v) is 13.5. The number of hydrogen-bond acceptors (Lipinski definition) is 3. The summed E-state index contributed by atoms with van der Waals surface area (Å²) in [5.74, 6) is -0.196. The average Bonchev–Trinajstić information content (AvgIpc) is 2.89. The smallest absolute Gasteiger partial charge is 0.293 e. The Morgan fingerprint density at radius 2 is 1.74 bits per heavy atom. The second kappa shape index (κ2) is 6.07. The van der Waals surface area contributed by atoms with Crippen molar-refractivity contribution in [3.05, 3.63) is 53.2 Å². The minimum Gasteiger partial charge on any atom is -0.496 e. The van der Waals surface area contributed by atoms with Gasteiger partial charge < -0.3 is 9.72 Å². The van der Waals surface area contributed by atoms with E-state index in [4.69, 9.17) is 27.9 Å². The topological polar surface area (TPSA) is 59.2 Å². The van der Waals surface area contributed by atoms with E-state index in [1.54, 1.807) is 13.2 Å². The Balaban J connectivity index is 2.39. The van der Waals surface area contributed by atoms with E-state index in [-0.39, 0.29) is 10.7 Å². The summed E-state index contributed by atoms with van der Waals surface area (Å²) in [4.78, 5) is 26.4. The van der Waals surface area contributed by atoms with Crippen LogP contribution >= 0.6 is 23.2 Å². The summed E-state index contributed by atoms with van der Waals surface area (Å²) < 4.78 is 5.38. The number of Topliss-reactive ketones (excluding diaryl/α,β-unsaturated/α-hetero) is 1. The van der Waals surface area contributed by atoms with E-state index in [0.717, 1.165) is 11.1 Å². The minimum atomic E-state index is -1.08. The second-order valence-corrected chi connectivity index (χ2v) is 5.57. The average molecular weight is 348 g/mol. The number of H-pyrrole nitrogens is 1. The van der Waals surface area contributed by atoms with Gasteiger partial charge in [-0.3, -0.25) is 9.59 Å². The third kappa shape index (κ3) is 2.60. The highest BCUT2D eigenvalue weighted by Crippen LogP contribution is 2.38. The fourth-order valence-corrected chi connectivity index (χ4v) is 3.00. The molecule has 0 saturated heterocycles. The monoisotopic (exact) mass is 347 g/mol. The maximum absolute atomic E-state index is 12.2. The van der Waals surface area contributed by atoms with Crippen molar-refractivity contribution in [2.75, 3.05) is 7.11 Å². The molecule has 0 bridgehead atoms. The molecular formula is C17H11Cl2NO3. The number of benzene rings is 2. The van der Waals surface area contributed by atoms with E-state index >= 15 is 0 Å². The Bertz CT molecular complexity index is 931. The van der Waals surface area contributed by atoms with Gasteiger partial charge in [0, 0.05) is 16.5 Å². The van der Waals surface area contributed by atoms with E-state index in [9.17, 15) is 9.59 Å². The highest BCUT2D eigenvalue weighted by atomic mass is 35.5. The van der Waals surface area contributed by atoms with E-state index in [2.05, 4.69) is 4.98 Å². The summed E-state index contributed by atoms with van der Waals surface area (Å²) in [6.45, 7) is 0. The molecule has 0 fully saturated rings. The number of ketones is 1. The molecule has 0 aliphatic rings. The Morgan fingerprint density at radius 1 is 1.04 bits per heavy atom. The van der Waals surface area contributed by atoms with Gasteiger partial charge in [-0.05, 0) is 29.3 Å². The molecule has 1 heterocycles. The second-order valence-electron chi connectivity index (χ2n) is 4.85. The summed E-state index contributed by atoms with van der Waals surface area (Å²) in [5.41, 5.74) is 2.22. The number of methoxy groups -OCH3 is 1. The molecule has 0 radical (unpaired) electrons. The first-order valence-electron chi connectivity index (χ1n) is 6.72. The first-order chi connectivity index (χ1) is 11.0. The third-order valence-corrected chi connectivity index (χ3v) is 4.04. The first kappa shape index (κ1) is 15.6. The van der Waals surface area contributed by atoms with Crippen LogP contribution in [0.2, 0.25) is 5.15 Å². The predicted molar refractivity (Wildman–Crippen MR) is 90.5 cm³/mol. The van der Waals surface area contributed by atoms with Gasteiger partial charge in [-0.15, -0.1) is 0 Å². The number of carbonyl (C=O) groups is 2. The number of aromatic amines is 1. The van der Waals surface area contributed by atoms with Crippen LogP contribution in [0.15, 0.2) is 42.5 Å². The van der Waals surface area contributed by atoms with E-state index in [0.29, 0.717) is 16.7 Å². The van der Waals surface area contributed by atoms with Crippen LogP contribution < -0.4 is 4.74 Å². The number of fused-ring (bicyclic) bond motifs is 1. The lowest BCUT2D eigenvalue weighted by Gasteiger charge is -2.10. The van der Waals surface area contributed by atoms with Crippen molar-refractivity contribution < 1.29 is 14.3 Å². The number of nitrogens with one attached hydrogen (secondary N) is 1. The number of hydrogen-bond donors (Lipinski definition) is 1. The molecule has 116 valence electrons. The zero-order chi connectivity index (χ0) is 16.6. The maximum atomic E-state index is 12.2. The first-order valence-corrected chi connectivity index (χ1v) is 7.48. The highest BCUT2D eigenvalue weighted by molar-refractivity contribution is 6.83. The van der Waals surface area contributed by atoms with Crippen molar-refractivity contribution in [2.45, 2.75) is 0 Å². The molecule has 3 aromatic rings. The summed E-state index contributed by atoms with van der Waals surface area (Å²) in [7, 11) is 1.57. The van der Waals surface area contributed by atoms with Gasteiger partial charge in [0.05, 0.1) is 12.7 Å². The molecule has 6 heteroatoms. The largest absolute Gasteiger partial charge is 0.496 e. The molecule has 0 aliphatic heterocycles. The van der Waals surface area contributed by atoms with Crippen molar-refractivity contribution in [3.63, 3.8) is 0 Å². The highest BCUT2D eigenvalue weighted by Gasteiger charge is 2.25. The van der Waals surface area contributed by atoms with Gasteiger partial charge in [-0.2, -0.15) is 0 Å². The molecule has 23 heavy (non-hydrogen) atoms. The molecule has 0 atom stereocenters. The van der Waals surface area contributed by atoms with Gasteiger partial charge >= 0.3 is 0 Å². The van der Waals surface area contributed by atoms with Crippen LogP contribution in [0.5, 0.6) is 5.75 Å². The molecule has 0 amide bonds. The molecular weight excluding hydrogens is 337 g/mol. The van der Waals surface area contributed by atoms with Crippen LogP contribution in [0.3, 0.4) is 0 Å². The Hall–Kier alpha value is -2.30. The molecule has 2 aromatic carbocycles. The van der Waals surface area contributed by atoms with Gasteiger partial charge in [0.25, 0.3) is 5.24 Å². The number of aromatic nitrogens is 1. The summed E-state index contributed by atoms with van der Waals surface area (Å²) in [6.07, 6.45) is 0. The lowest BCUT2D eigenvalue weighted by atomic mass is 9.97. The van der Waals surface area contributed by atoms with Crippen molar-refractivity contribution in [2.24, 2.45) is 0 Å². The lowest BCUT2D eigenvalue weighted by molar-refractivity contribution is -0.108. The number of halogens is 2. The normalized spacial score (nSPS) is 10.7. The van der Waals surface area contributed by atoms with Gasteiger partial charge in [0.15, 0.2) is 0 Å². The fourth-order valence-electron chi connectivity index (χ4n) is 2.62. The van der Waals surface area contributed by atoms with Crippen molar-refractivity contribution >= 4 is 45.1 Å². The number of rotatable bonds is 4. The van der Waals surface area contributed by atoms with Crippen LogP contribution in [0.1, 0.15) is 10.4 Å². The van der Waals surface area contributed by atoms with Crippen molar-refractivity contribution in [3.8, 4) is 16.9 Å². The van der Waals surface area contributed by atoms with Crippen LogP contribution in [-0.2, 0) is 4.79 Å². The summed E-state index contributed by atoms with van der Waals surface area (Å²) >= 11 is 11.5. The molecule has 4 nitrogen and oxygen atoms in total. The Morgan fingerprint density at radius 3 is 2.43 bits per heavy atom. The molecule has 0 saturated carbocycles. The van der Waals surface area contributed by atoms with Gasteiger partial charge in [0.2, 0.25) is 5.78 Å². The third-order valence-electron chi connectivity index (χ3n) is 3.58. The SMILES string of the molecule is COc1ccccc1-c1cccc2[nH]c(Cl)c(C(=O)C(=O)Cl)c12. The standard InChI is InChI=1S/C17H11Cl2NO3/c1-23-12-8-3-2-5-9(12)10-6-4-7-11-13(10)14(16(18)20-11)15(21)17(19)22/h2-8,20H,1H3. The molecule has 3 rings (SSSR count). The lowest BCUT2D eigenvalue weighted by Crippen LogP contribution is -2.07. The quantitative estimate of drug-likeness (QED) is 0.431. The molecule has 0 spiro atoms. The maximum Gasteiger partial charge on any atom is 0.293 e. The molecule has 1 aromatic heterocycles. The van der Waals surface area contributed by atoms with Crippen LogP contribution in [0.4, 0.5) is 0 Å². The fraction of sp³-hybridized carbons (Fsp3) is 0.0588. The van der Waals surface area contributed by atoms with Crippen LogP contribution in [-0.4, -0.2) is 23.1 Å². The number of para-hydroxylation sites is 1. The van der Waals surface area contributed by atoms with E-state index in [1.807, 2.05) is 36.4 Å². The predicted octanol–water partition coefficient (Wildman–Crippen LogP) is 4.45. The number of ether oxygens (including phenoxy) is 1. The van der Waals surface area contributed by atoms with Gasteiger partial charge in [-0.1, -0.05) is 41.9 Å². The Labute approximate surface area is 142 Å². The van der Waals surface area contributed by atoms with E-state index < -0.39 is 11.0 Å². The van der Waals surface area contributed by atoms with E-state index in [1.165, 1.54) is 0 Å². The van der Waals surface area contributed by atoms with Crippen molar-refractivity contribution in [1.82, 2.24) is 4.98 Å². The summed E-state index contributed by atoms with van der Waals surface area (Å²) in [5, 5.41) is -0.454. The number of carbonyl (C=O) groups excluding carboxylic acids is 2. The summed E-state index contributed by atoms with van der Waals surface area (Å²) in [6, 6.07) is 12.8. The minimum absolute atomic E-state index is 0.0724. The van der Waals surface area contributed by atoms with Gasteiger partial charge in [-0.25, -0.2) is 0 Å². The van der Waals surface area contributed by atoms with Crippen LogP contribution in [0, 0.1) is 0 Å². The zero-order valence-electron chi connectivity index (χ0n) is 12.0. The van der Waals surface area contributed by atoms with Crippen LogP contribution in [0.25, 0.3) is 22.0 Å². The molecule has 0 unspecified atom stereocenters. The Kier molecular flexibility index (Phi) is 4.11. The molecule has 1 N–H and O–H groups in total.